The zero-order valence-corrected chi connectivity index (χ0v) is 12.7. The number of aryl methyl sites for hydroxylation is 2. The predicted molar refractivity (Wildman–Crippen MR) is 59.6 cm³/mol. The summed E-state index contributed by atoms with van der Waals surface area (Å²) in [5.41, 5.74) is 3.57. The molecule has 1 aromatic rings. The van der Waals surface area contributed by atoms with Crippen LogP contribution in [0, 0.1) is 19.9 Å². The Morgan fingerprint density at radius 1 is 1.18 bits per heavy atom. The fourth-order valence-corrected chi connectivity index (χ4v) is 1.80. The Labute approximate surface area is 125 Å². The van der Waals surface area contributed by atoms with Gasteiger partial charge in [-0.2, -0.15) is 6.08 Å². The summed E-state index contributed by atoms with van der Waals surface area (Å²) < 4.78 is 4.11. The Kier molecular flexibility index (Phi) is 12.1. The molecule has 1 nitrogen and oxygen atoms in total. The molecule has 0 atom stereocenters. The molecule has 17 heavy (non-hydrogen) atoms. The van der Waals surface area contributed by atoms with E-state index >= 15 is 0 Å². The van der Waals surface area contributed by atoms with Crippen molar-refractivity contribution in [3.8, 4) is 0 Å². The van der Waals surface area contributed by atoms with E-state index in [4.69, 9.17) is 0 Å². The van der Waals surface area contributed by atoms with E-state index in [1.807, 2.05) is 18.2 Å². The molecule has 91 valence electrons. The molecular weight excluding hydrogens is 292 g/mol. The van der Waals surface area contributed by atoms with Crippen molar-refractivity contribution in [1.29, 1.82) is 0 Å². The molecule has 1 aromatic carbocycles. The van der Waals surface area contributed by atoms with Crippen LogP contribution in [0.1, 0.15) is 17.5 Å². The third-order valence-electron chi connectivity index (χ3n) is 2.13. The van der Waals surface area contributed by atoms with Crippen molar-refractivity contribution in [3.63, 3.8) is 0 Å². The molecule has 2 rings (SSSR count). The second-order valence-electron chi connectivity index (χ2n) is 3.34. The van der Waals surface area contributed by atoms with Gasteiger partial charge in [0.2, 0.25) is 0 Å². The minimum Gasteiger partial charge on any atom is -1.00 e. The third-order valence-corrected chi connectivity index (χ3v) is 2.44. The van der Waals surface area contributed by atoms with E-state index in [2.05, 4.69) is 59.2 Å². The van der Waals surface area contributed by atoms with E-state index in [9.17, 15) is 0 Å². The topological polar surface area (TPSA) is 12.4 Å². The molecule has 0 unspecified atom stereocenters. The monoisotopic (exact) mass is 305 g/mol. The Bertz CT molecular complexity index is 370. The van der Waals surface area contributed by atoms with Crippen LogP contribution in [-0.4, -0.2) is 0 Å². The molecular formula is C13H14Cl2NV-. The van der Waals surface area contributed by atoms with Crippen molar-refractivity contribution in [3.05, 3.63) is 53.6 Å². The minimum absolute atomic E-state index is 0. The van der Waals surface area contributed by atoms with E-state index < -0.39 is 0 Å². The number of rotatable bonds is 1. The van der Waals surface area contributed by atoms with Crippen LogP contribution in [0.3, 0.4) is 0 Å². The van der Waals surface area contributed by atoms with Gasteiger partial charge in [-0.1, -0.05) is 0 Å². The van der Waals surface area contributed by atoms with Gasteiger partial charge < -0.3 is 24.8 Å². The molecule has 0 radical (unpaired) electrons. The number of hydrogen-bond acceptors (Lipinski definition) is 1. The van der Waals surface area contributed by atoms with Crippen LogP contribution in [0.25, 0.3) is 0 Å². The summed E-state index contributed by atoms with van der Waals surface area (Å²) in [5, 5.41) is 0. The van der Waals surface area contributed by atoms with Gasteiger partial charge in [0.05, 0.1) is 0 Å². The maximum atomic E-state index is 4.11. The molecule has 0 amide bonds. The second-order valence-corrected chi connectivity index (χ2v) is 3.66. The first-order valence-electron chi connectivity index (χ1n) is 4.88. The fourth-order valence-electron chi connectivity index (χ4n) is 1.30. The minimum atomic E-state index is 0. The van der Waals surface area contributed by atoms with E-state index in [1.165, 1.54) is 11.1 Å². The van der Waals surface area contributed by atoms with Crippen molar-refractivity contribution in [2.45, 2.75) is 20.3 Å². The first kappa shape index (κ1) is 19.0. The van der Waals surface area contributed by atoms with E-state index in [-0.39, 0.29) is 24.8 Å². The third kappa shape index (κ3) is 6.85. The molecule has 0 saturated heterocycles. The smallest absolute Gasteiger partial charge is 0.109 e. The molecule has 1 aliphatic rings. The Balaban J connectivity index is 0. The summed E-state index contributed by atoms with van der Waals surface area (Å²) in [4.78, 5) is 0. The van der Waals surface area contributed by atoms with Gasteiger partial charge in [-0.3, -0.25) is 6.08 Å². The summed E-state index contributed by atoms with van der Waals surface area (Å²) in [7, 11) is 0. The predicted octanol–water partition coefficient (Wildman–Crippen LogP) is -2.02. The van der Waals surface area contributed by atoms with Gasteiger partial charge in [0.25, 0.3) is 0 Å². The molecule has 0 bridgehead atoms. The van der Waals surface area contributed by atoms with Gasteiger partial charge in [0.1, 0.15) is 0 Å². The summed E-state index contributed by atoms with van der Waals surface area (Å²) >= 11 is 2.25. The van der Waals surface area contributed by atoms with Gasteiger partial charge in [0.15, 0.2) is 0 Å². The summed E-state index contributed by atoms with van der Waals surface area (Å²) in [6, 6.07) is 6.19. The average Bonchev–Trinajstić information content (AvgIpc) is 2.76. The quantitative estimate of drug-likeness (QED) is 0.531. The molecule has 0 aromatic heterocycles. The van der Waals surface area contributed by atoms with Gasteiger partial charge in [-0.15, -0.1) is 6.42 Å². The van der Waals surface area contributed by atoms with Gasteiger partial charge in [-0.05, 0) is 0 Å². The van der Waals surface area contributed by atoms with Crippen molar-refractivity contribution in [1.82, 2.24) is 0 Å². The van der Waals surface area contributed by atoms with Crippen molar-refractivity contribution >= 4 is 5.69 Å². The number of nitrogens with zero attached hydrogens (tertiary/aromatic N) is 1. The van der Waals surface area contributed by atoms with Crippen molar-refractivity contribution in [2.24, 2.45) is 3.79 Å². The summed E-state index contributed by atoms with van der Waals surface area (Å²) in [6.45, 7) is 4.14. The number of allylic oxidation sites excluding steroid dienone is 4. The Hall–Kier alpha value is -0.336. The van der Waals surface area contributed by atoms with Crippen LogP contribution in [0.15, 0.2) is 40.2 Å². The first-order chi connectivity index (χ1) is 7.25. The number of benzene rings is 1. The average molecular weight is 306 g/mol. The van der Waals surface area contributed by atoms with Crippen LogP contribution in [0.2, 0.25) is 0 Å². The second kappa shape index (κ2) is 10.8. The van der Waals surface area contributed by atoms with E-state index in [1.54, 1.807) is 0 Å². The Morgan fingerprint density at radius 3 is 2.00 bits per heavy atom. The SMILES string of the molecule is Cc1cccc(C)c1[N]=[V+2].[C-]1=CC=CC1.[Cl-].[Cl-]. The molecule has 0 N–H and O–H groups in total. The zero-order valence-electron chi connectivity index (χ0n) is 9.82. The van der Waals surface area contributed by atoms with E-state index in [0.29, 0.717) is 0 Å². The van der Waals surface area contributed by atoms with Gasteiger partial charge in [0, 0.05) is 0 Å². The van der Waals surface area contributed by atoms with E-state index in [0.717, 1.165) is 12.1 Å². The molecule has 4 heteroatoms. The molecule has 0 saturated carbocycles. The van der Waals surface area contributed by atoms with Crippen LogP contribution in [-0.2, 0) is 17.2 Å². The molecule has 0 heterocycles. The van der Waals surface area contributed by atoms with Crippen LogP contribution in [0.4, 0.5) is 5.69 Å². The van der Waals surface area contributed by atoms with Gasteiger partial charge in [-0.25, -0.2) is 12.2 Å². The first-order valence-corrected chi connectivity index (χ1v) is 5.51. The molecule has 0 spiro atoms. The fraction of sp³-hybridized carbons (Fsp3) is 0.231. The number of halogens is 2. The van der Waals surface area contributed by atoms with Crippen LogP contribution >= 0.6 is 0 Å². The maximum absolute atomic E-state index is 4.11. The molecule has 1 aliphatic carbocycles. The Morgan fingerprint density at radius 2 is 1.76 bits per heavy atom. The molecule has 0 aliphatic heterocycles. The summed E-state index contributed by atoms with van der Waals surface area (Å²) in [5.74, 6) is 0. The summed E-state index contributed by atoms with van der Waals surface area (Å²) in [6.07, 6.45) is 10.0. The van der Waals surface area contributed by atoms with Crippen LogP contribution < -0.4 is 24.8 Å². The normalized spacial score (nSPS) is 10.8. The van der Waals surface area contributed by atoms with Gasteiger partial charge >= 0.3 is 69.9 Å². The van der Waals surface area contributed by atoms with Crippen molar-refractivity contribution in [2.75, 3.05) is 0 Å². The largest absolute Gasteiger partial charge is 1.00 e. The maximum Gasteiger partial charge on any atom is -0.109 e. The molecule has 0 fully saturated rings. The standard InChI is InChI=1S/C8H9N.C5H5.2ClH.V/c1-6-4-3-5-7(2)8(6)9;1-2-4-5-3-1;;;/h3-5H,1-2H3;1-3H,4H2;2*1H;/q;-1;;;+2/p-2. The van der Waals surface area contributed by atoms with Crippen molar-refractivity contribution < 1.29 is 42.0 Å². The van der Waals surface area contributed by atoms with Crippen LogP contribution in [0.5, 0.6) is 0 Å². The zero-order chi connectivity index (χ0) is 11.1. The number of hydrogen-bond donors (Lipinski definition) is 0.